The van der Waals surface area contributed by atoms with Gasteiger partial charge >= 0.3 is 23.9 Å². The number of benzene rings is 3. The summed E-state index contributed by atoms with van der Waals surface area (Å²) >= 11 is 7.35. The van der Waals surface area contributed by atoms with Gasteiger partial charge in [0.25, 0.3) is 0 Å². The fourth-order valence-corrected chi connectivity index (χ4v) is 8.65. The molecular formula is C46H50N2O12S2. The largest absolute Gasteiger partial charge is 0.463 e. The summed E-state index contributed by atoms with van der Waals surface area (Å²) in [6.07, 6.45) is -5.38. The van der Waals surface area contributed by atoms with E-state index in [2.05, 4.69) is 22.4 Å². The van der Waals surface area contributed by atoms with Gasteiger partial charge in [0.1, 0.15) is 18.8 Å². The highest BCUT2D eigenvalue weighted by atomic mass is 32.2. The summed E-state index contributed by atoms with van der Waals surface area (Å²) in [6, 6.07) is 31.6. The van der Waals surface area contributed by atoms with Crippen molar-refractivity contribution in [2.75, 3.05) is 12.4 Å². The van der Waals surface area contributed by atoms with Gasteiger partial charge in [-0.3, -0.25) is 19.2 Å². The number of carbonyl (C=O) groups is 4. The molecule has 9 unspecified atom stereocenters. The minimum absolute atomic E-state index is 0.0113. The number of nitrogens with zero attached hydrogens (tertiary/aromatic N) is 1. The van der Waals surface area contributed by atoms with Crippen LogP contribution >= 0.6 is 24.0 Å². The molecule has 14 nitrogen and oxygen atoms in total. The molecule has 0 spiro atoms. The molecule has 2 fully saturated rings. The van der Waals surface area contributed by atoms with E-state index in [1.54, 1.807) is 18.0 Å². The Kier molecular flexibility index (Phi) is 16.6. The van der Waals surface area contributed by atoms with Crippen molar-refractivity contribution in [1.29, 1.82) is 0 Å². The van der Waals surface area contributed by atoms with Crippen molar-refractivity contribution in [3.05, 3.63) is 131 Å². The molecular weight excluding hydrogens is 837 g/mol. The highest BCUT2D eigenvalue weighted by Gasteiger charge is 2.52. The number of nitrogens with one attached hydrogen (secondary N) is 1. The lowest BCUT2D eigenvalue weighted by atomic mass is 9.84. The Hall–Kier alpha value is -5.23. The van der Waals surface area contributed by atoms with Gasteiger partial charge in [-0.1, -0.05) is 97.1 Å². The molecule has 0 saturated carbocycles. The molecule has 3 aromatic carbocycles. The third kappa shape index (κ3) is 12.7. The fourth-order valence-electron chi connectivity index (χ4n) is 7.48. The van der Waals surface area contributed by atoms with Gasteiger partial charge in [0.2, 0.25) is 0 Å². The van der Waals surface area contributed by atoms with Crippen molar-refractivity contribution in [2.24, 2.45) is 0 Å². The van der Waals surface area contributed by atoms with E-state index < -0.39 is 60.7 Å². The standard InChI is InChI=1S/C46H50N2O12S2/c1-27(50)54-25-37-44(56-29(3)52)45(57-30(4)53)43(55-28(2)51)36(58-37)22-39(61)48-23-31-13-19-35(20-14-31)46-59-38(26-62-40-12-8-9-21-47-40)41(33-10-6-5-7-11-33)42(60-46)34-17-15-32(24-49)16-18-34/h5-21,36-38,41-46,49H,22-26H2,1-4H3,(H,48,61). The first-order valence-corrected chi connectivity index (χ1v) is 21.5. The second kappa shape index (κ2) is 22.2. The number of ether oxygens (including phenoxy) is 7. The summed E-state index contributed by atoms with van der Waals surface area (Å²) in [5, 5.41) is 13.9. The average molecular weight is 887 g/mol. The molecule has 9 atom stereocenters. The number of thioether (sulfide) groups is 1. The number of aliphatic hydroxyl groups excluding tert-OH is 1. The number of hydrogen-bond acceptors (Lipinski definition) is 15. The van der Waals surface area contributed by atoms with Gasteiger partial charge in [-0.25, -0.2) is 4.98 Å². The summed E-state index contributed by atoms with van der Waals surface area (Å²) in [5.41, 5.74) is 4.54. The first kappa shape index (κ1) is 46.3. The predicted molar refractivity (Wildman–Crippen MR) is 230 cm³/mol. The first-order chi connectivity index (χ1) is 29.9. The number of hydrogen-bond donors (Lipinski definition) is 2. The Bertz CT molecular complexity index is 2130. The summed E-state index contributed by atoms with van der Waals surface area (Å²) in [5.74, 6) is -2.27. The van der Waals surface area contributed by atoms with Crippen LogP contribution in [0.2, 0.25) is 0 Å². The predicted octanol–water partition coefficient (Wildman–Crippen LogP) is 6.24. The second-order valence-electron chi connectivity index (χ2n) is 14.8. The van der Waals surface area contributed by atoms with E-state index >= 15 is 0 Å². The van der Waals surface area contributed by atoms with Crippen LogP contribution in [0, 0.1) is 0 Å². The lowest BCUT2D eigenvalue weighted by molar-refractivity contribution is -0.255. The molecule has 62 heavy (non-hydrogen) atoms. The molecule has 0 bridgehead atoms. The number of esters is 4. The summed E-state index contributed by atoms with van der Waals surface area (Å²) in [6.45, 7) is 4.66. The maximum atomic E-state index is 12.3. The zero-order valence-electron chi connectivity index (χ0n) is 34.7. The van der Waals surface area contributed by atoms with Crippen molar-refractivity contribution in [3.8, 4) is 0 Å². The van der Waals surface area contributed by atoms with Crippen LogP contribution in [-0.4, -0.2) is 87.9 Å². The van der Waals surface area contributed by atoms with Crippen LogP contribution in [0.25, 0.3) is 0 Å². The van der Waals surface area contributed by atoms with E-state index in [0.29, 0.717) is 17.3 Å². The molecule has 2 aliphatic heterocycles. The van der Waals surface area contributed by atoms with Crippen molar-refractivity contribution in [1.82, 2.24) is 10.3 Å². The van der Waals surface area contributed by atoms with Gasteiger partial charge < -0.3 is 43.6 Å². The SMILES string of the molecule is CC(=O)OCC1OC(CC(=S)NCc2ccc(C3OC(CSc4ccccn4)C(c4ccccc4)C(c4ccc(CO)cc4)O3)cc2)C(OC(C)=O)C(OC(C)=O)C1OC(C)=O. The Morgan fingerprint density at radius 3 is 1.90 bits per heavy atom. The van der Waals surface area contributed by atoms with Crippen LogP contribution in [0.4, 0.5) is 0 Å². The first-order valence-electron chi connectivity index (χ1n) is 20.1. The van der Waals surface area contributed by atoms with Crippen LogP contribution in [0.5, 0.6) is 0 Å². The molecule has 0 aliphatic carbocycles. The molecule has 6 rings (SSSR count). The lowest BCUT2D eigenvalue weighted by Crippen LogP contribution is -2.62. The monoisotopic (exact) mass is 886 g/mol. The normalized spacial score (nSPS) is 24.6. The van der Waals surface area contributed by atoms with Crippen LogP contribution in [0.3, 0.4) is 0 Å². The van der Waals surface area contributed by atoms with Gasteiger partial charge in [0.15, 0.2) is 24.6 Å². The van der Waals surface area contributed by atoms with E-state index in [4.69, 9.17) is 45.4 Å². The third-order valence-electron chi connectivity index (χ3n) is 10.2. The third-order valence-corrected chi connectivity index (χ3v) is 11.6. The Morgan fingerprint density at radius 2 is 1.29 bits per heavy atom. The average Bonchev–Trinajstić information content (AvgIpc) is 3.26. The quantitative estimate of drug-likeness (QED) is 0.0559. The van der Waals surface area contributed by atoms with Crippen molar-refractivity contribution in [3.63, 3.8) is 0 Å². The minimum atomic E-state index is -1.28. The van der Waals surface area contributed by atoms with Gasteiger partial charge in [0.05, 0.1) is 28.8 Å². The number of aromatic nitrogens is 1. The Morgan fingerprint density at radius 1 is 0.677 bits per heavy atom. The van der Waals surface area contributed by atoms with E-state index in [1.807, 2.05) is 84.9 Å². The van der Waals surface area contributed by atoms with Crippen LogP contribution < -0.4 is 5.32 Å². The molecule has 2 saturated heterocycles. The van der Waals surface area contributed by atoms with Gasteiger partial charge in [-0.2, -0.15) is 0 Å². The maximum absolute atomic E-state index is 12.3. The second-order valence-corrected chi connectivity index (χ2v) is 16.4. The molecule has 1 aromatic heterocycles. The molecule has 3 heterocycles. The topological polar surface area (TPSA) is 178 Å². The van der Waals surface area contributed by atoms with E-state index in [-0.39, 0.29) is 37.8 Å². The van der Waals surface area contributed by atoms with Gasteiger partial charge in [-0.05, 0) is 34.4 Å². The Balaban J connectivity index is 1.19. The molecule has 0 radical (unpaired) electrons. The molecule has 0 amide bonds. The highest BCUT2D eigenvalue weighted by Crippen LogP contribution is 2.48. The number of aliphatic hydroxyl groups is 1. The maximum Gasteiger partial charge on any atom is 0.303 e. The summed E-state index contributed by atoms with van der Waals surface area (Å²) < 4.78 is 41.7. The van der Waals surface area contributed by atoms with Crippen LogP contribution in [0.15, 0.2) is 108 Å². The zero-order chi connectivity index (χ0) is 44.2. The van der Waals surface area contributed by atoms with Gasteiger partial charge in [-0.15, -0.1) is 11.8 Å². The van der Waals surface area contributed by atoms with Crippen molar-refractivity contribution >= 4 is 52.8 Å². The smallest absolute Gasteiger partial charge is 0.303 e. The van der Waals surface area contributed by atoms with Gasteiger partial charge in [0, 0.05) is 64.1 Å². The minimum Gasteiger partial charge on any atom is -0.463 e. The number of thiocarbonyl (C=S) groups is 1. The number of carbonyl (C=O) groups excluding carboxylic acids is 4. The molecule has 2 N–H and O–H groups in total. The molecule has 328 valence electrons. The molecule has 2 aliphatic rings. The van der Waals surface area contributed by atoms with Crippen molar-refractivity contribution < 1.29 is 57.4 Å². The highest BCUT2D eigenvalue weighted by molar-refractivity contribution is 7.99. The van der Waals surface area contributed by atoms with E-state index in [9.17, 15) is 24.3 Å². The lowest BCUT2D eigenvalue weighted by Gasteiger charge is -2.44. The van der Waals surface area contributed by atoms with Crippen LogP contribution in [-0.2, 0) is 65.5 Å². The Labute approximate surface area is 369 Å². The van der Waals surface area contributed by atoms with E-state index in [1.165, 1.54) is 27.7 Å². The fraction of sp³-hybridized carbons (Fsp3) is 0.391. The number of pyridine rings is 1. The molecule has 4 aromatic rings. The summed E-state index contributed by atoms with van der Waals surface area (Å²) in [4.78, 5) is 53.2. The molecule has 16 heteroatoms. The zero-order valence-corrected chi connectivity index (χ0v) is 36.4. The van der Waals surface area contributed by atoms with Crippen molar-refractivity contribution in [2.45, 2.75) is 107 Å². The van der Waals surface area contributed by atoms with Crippen LogP contribution in [0.1, 0.15) is 80.2 Å². The van der Waals surface area contributed by atoms with E-state index in [0.717, 1.165) is 32.8 Å². The summed E-state index contributed by atoms with van der Waals surface area (Å²) in [7, 11) is 0. The number of rotatable bonds is 16.